The number of nitrogens with zero attached hydrogens (tertiary/aromatic N) is 2. The van der Waals surface area contributed by atoms with Crippen molar-refractivity contribution >= 4 is 15.8 Å². The first-order valence-electron chi connectivity index (χ1n) is 8.11. The molecule has 2 N–H and O–H groups in total. The van der Waals surface area contributed by atoms with Crippen LogP contribution in [0.5, 0.6) is 0 Å². The zero-order valence-corrected chi connectivity index (χ0v) is 13.9. The summed E-state index contributed by atoms with van der Waals surface area (Å²) < 4.78 is 28.6. The van der Waals surface area contributed by atoms with Gasteiger partial charge in [-0.2, -0.15) is 0 Å². The maximum atomic E-state index is 11.4. The van der Waals surface area contributed by atoms with Crippen LogP contribution in [0.2, 0.25) is 0 Å². The Morgan fingerprint density at radius 2 is 2.09 bits per heavy atom. The first kappa shape index (κ1) is 16.0. The monoisotopic (exact) mass is 330 g/mol. The van der Waals surface area contributed by atoms with Crippen LogP contribution in [0.4, 0.5) is 0 Å². The minimum absolute atomic E-state index is 0.280. The second kappa shape index (κ2) is 6.72. The van der Waals surface area contributed by atoms with Gasteiger partial charge in [0.25, 0.3) is 0 Å². The van der Waals surface area contributed by atoms with Crippen LogP contribution in [0.3, 0.4) is 0 Å². The van der Waals surface area contributed by atoms with Crippen LogP contribution in [-0.2, 0) is 14.6 Å². The summed E-state index contributed by atoms with van der Waals surface area (Å²) in [5.41, 5.74) is 0. The largest absolute Gasteiger partial charge is 0.373 e. The Hall–Kier alpha value is -0.860. The van der Waals surface area contributed by atoms with Gasteiger partial charge in [0.05, 0.1) is 29.8 Å². The van der Waals surface area contributed by atoms with Crippen molar-refractivity contribution < 1.29 is 13.2 Å². The van der Waals surface area contributed by atoms with E-state index in [0.717, 1.165) is 31.9 Å². The highest BCUT2D eigenvalue weighted by Gasteiger charge is 2.41. The Labute approximate surface area is 132 Å². The molecule has 0 spiro atoms. The quantitative estimate of drug-likeness (QED) is 0.519. The fraction of sp³-hybridized carbons (Fsp3) is 0.929. The molecule has 7 nitrogen and oxygen atoms in total. The second-order valence-corrected chi connectivity index (χ2v) is 8.66. The first-order valence-corrected chi connectivity index (χ1v) is 9.93. The van der Waals surface area contributed by atoms with E-state index in [2.05, 4.69) is 20.5 Å². The van der Waals surface area contributed by atoms with Crippen molar-refractivity contribution in [2.45, 2.75) is 37.5 Å². The van der Waals surface area contributed by atoms with Crippen LogP contribution in [0.15, 0.2) is 4.99 Å². The first-order chi connectivity index (χ1) is 10.6. The number of nitrogens with one attached hydrogen (secondary N) is 2. The third kappa shape index (κ3) is 3.91. The molecular formula is C14H26N4O3S. The molecule has 8 heteroatoms. The summed E-state index contributed by atoms with van der Waals surface area (Å²) in [6, 6.07) is 0.366. The number of hydrogen-bond donors (Lipinski definition) is 2. The molecular weight excluding hydrogens is 304 g/mol. The van der Waals surface area contributed by atoms with Crippen LogP contribution in [0.1, 0.15) is 19.3 Å². The lowest BCUT2D eigenvalue weighted by Gasteiger charge is -2.27. The van der Waals surface area contributed by atoms with Crippen LogP contribution < -0.4 is 10.6 Å². The molecule has 3 heterocycles. The predicted octanol–water partition coefficient (Wildman–Crippen LogP) is -0.798. The van der Waals surface area contributed by atoms with Gasteiger partial charge in [-0.3, -0.25) is 9.89 Å². The lowest BCUT2D eigenvalue weighted by atomic mass is 9.96. The maximum Gasteiger partial charge on any atom is 0.191 e. The molecule has 3 saturated heterocycles. The standard InChI is InChI=1S/C14H26N4O3S/c1-15-14(17-12-10-11-2-3-13(12)21-11)16-4-5-18-6-8-22(19,20)9-7-18/h11-13H,2-10H2,1H3,(H2,15,16,17). The van der Waals surface area contributed by atoms with Gasteiger partial charge < -0.3 is 15.4 Å². The summed E-state index contributed by atoms with van der Waals surface area (Å²) in [6.45, 7) is 2.87. The molecule has 0 aromatic rings. The summed E-state index contributed by atoms with van der Waals surface area (Å²) >= 11 is 0. The van der Waals surface area contributed by atoms with Crippen molar-refractivity contribution in [3.63, 3.8) is 0 Å². The third-order valence-corrected chi connectivity index (χ3v) is 6.42. The molecule has 0 saturated carbocycles. The van der Waals surface area contributed by atoms with Gasteiger partial charge in [0.1, 0.15) is 0 Å². The van der Waals surface area contributed by atoms with Crippen molar-refractivity contribution in [2.75, 3.05) is 44.7 Å². The van der Waals surface area contributed by atoms with E-state index in [9.17, 15) is 8.42 Å². The zero-order valence-electron chi connectivity index (χ0n) is 13.1. The second-order valence-electron chi connectivity index (χ2n) is 6.35. The fourth-order valence-electron chi connectivity index (χ4n) is 3.47. The molecule has 2 bridgehead atoms. The van der Waals surface area contributed by atoms with Gasteiger partial charge >= 0.3 is 0 Å². The molecule has 3 aliphatic heterocycles. The number of hydrogen-bond acceptors (Lipinski definition) is 5. The summed E-state index contributed by atoms with van der Waals surface area (Å²) in [5, 5.41) is 6.76. The Morgan fingerprint density at radius 3 is 2.68 bits per heavy atom. The number of rotatable bonds is 4. The maximum absolute atomic E-state index is 11.4. The van der Waals surface area contributed by atoms with Gasteiger partial charge in [0.15, 0.2) is 15.8 Å². The number of ether oxygens (including phenoxy) is 1. The Balaban J connectivity index is 1.37. The van der Waals surface area contributed by atoms with E-state index in [1.54, 1.807) is 7.05 Å². The Kier molecular flexibility index (Phi) is 4.89. The Morgan fingerprint density at radius 1 is 1.32 bits per heavy atom. The van der Waals surface area contributed by atoms with E-state index in [1.165, 1.54) is 6.42 Å². The summed E-state index contributed by atoms with van der Waals surface area (Å²) in [4.78, 5) is 6.45. The molecule has 3 atom stereocenters. The summed E-state index contributed by atoms with van der Waals surface area (Å²) in [6.07, 6.45) is 4.15. The average molecular weight is 330 g/mol. The van der Waals surface area contributed by atoms with E-state index in [1.807, 2.05) is 0 Å². The molecule has 3 aliphatic rings. The molecule has 126 valence electrons. The van der Waals surface area contributed by atoms with Crippen LogP contribution in [0.25, 0.3) is 0 Å². The Bertz CT molecular complexity index is 508. The van der Waals surface area contributed by atoms with Crippen molar-refractivity contribution in [3.8, 4) is 0 Å². The molecule has 0 aromatic heterocycles. The third-order valence-electron chi connectivity index (χ3n) is 4.81. The van der Waals surface area contributed by atoms with Gasteiger partial charge in [0, 0.05) is 33.2 Å². The van der Waals surface area contributed by atoms with Gasteiger partial charge in [-0.1, -0.05) is 0 Å². The van der Waals surface area contributed by atoms with Gasteiger partial charge in [-0.05, 0) is 19.3 Å². The minimum atomic E-state index is -2.79. The highest BCUT2D eigenvalue weighted by Crippen LogP contribution is 2.34. The molecule has 0 radical (unpaired) electrons. The highest BCUT2D eigenvalue weighted by molar-refractivity contribution is 7.91. The fourth-order valence-corrected chi connectivity index (χ4v) is 4.74. The number of fused-ring (bicyclic) bond motifs is 2. The molecule has 3 rings (SSSR count). The molecule has 0 aliphatic carbocycles. The molecule has 0 amide bonds. The lowest BCUT2D eigenvalue weighted by Crippen LogP contribution is -2.50. The summed E-state index contributed by atoms with van der Waals surface area (Å²) in [7, 11) is -1.02. The van der Waals surface area contributed by atoms with E-state index < -0.39 is 9.84 Å². The van der Waals surface area contributed by atoms with Crippen LogP contribution >= 0.6 is 0 Å². The SMILES string of the molecule is CN=C(NCCN1CCS(=O)(=O)CC1)NC1CC2CCC1O2. The van der Waals surface area contributed by atoms with E-state index in [0.29, 0.717) is 31.3 Å². The van der Waals surface area contributed by atoms with Gasteiger partial charge in [-0.25, -0.2) is 8.42 Å². The van der Waals surface area contributed by atoms with Crippen LogP contribution in [-0.4, -0.2) is 82.3 Å². The van der Waals surface area contributed by atoms with Crippen LogP contribution in [0, 0.1) is 0 Å². The molecule has 0 aromatic carbocycles. The molecule has 3 fully saturated rings. The zero-order chi connectivity index (χ0) is 15.6. The van der Waals surface area contributed by atoms with E-state index >= 15 is 0 Å². The van der Waals surface area contributed by atoms with Crippen molar-refractivity contribution in [1.82, 2.24) is 15.5 Å². The number of sulfone groups is 1. The number of aliphatic imine (C=N–C) groups is 1. The van der Waals surface area contributed by atoms with Crippen molar-refractivity contribution in [3.05, 3.63) is 0 Å². The predicted molar refractivity (Wildman–Crippen MR) is 85.9 cm³/mol. The molecule has 22 heavy (non-hydrogen) atoms. The average Bonchev–Trinajstić information content (AvgIpc) is 3.10. The normalized spacial score (nSPS) is 34.8. The highest BCUT2D eigenvalue weighted by atomic mass is 32.2. The minimum Gasteiger partial charge on any atom is -0.373 e. The lowest BCUT2D eigenvalue weighted by molar-refractivity contribution is 0.0992. The van der Waals surface area contributed by atoms with Crippen molar-refractivity contribution in [1.29, 1.82) is 0 Å². The smallest absolute Gasteiger partial charge is 0.191 e. The van der Waals surface area contributed by atoms with E-state index in [-0.39, 0.29) is 11.5 Å². The van der Waals surface area contributed by atoms with E-state index in [4.69, 9.17) is 4.74 Å². The van der Waals surface area contributed by atoms with Gasteiger partial charge in [0.2, 0.25) is 0 Å². The summed E-state index contributed by atoms with van der Waals surface area (Å²) in [5.74, 6) is 1.37. The molecule has 3 unspecified atom stereocenters. The van der Waals surface area contributed by atoms with Gasteiger partial charge in [-0.15, -0.1) is 0 Å². The van der Waals surface area contributed by atoms with Crippen molar-refractivity contribution in [2.24, 2.45) is 4.99 Å². The topological polar surface area (TPSA) is 83.0 Å². The number of guanidine groups is 1.